The molecule has 0 radical (unpaired) electrons. The third-order valence-corrected chi connectivity index (χ3v) is 5.94. The van der Waals surface area contributed by atoms with Gasteiger partial charge in [-0.15, -0.1) is 0 Å². The molecule has 1 fully saturated rings. The number of halogens is 4. The summed E-state index contributed by atoms with van der Waals surface area (Å²) in [6.45, 7) is 0.778. The Morgan fingerprint density at radius 2 is 1.93 bits per heavy atom. The molecule has 156 valence electrons. The van der Waals surface area contributed by atoms with E-state index in [2.05, 4.69) is 4.98 Å². The van der Waals surface area contributed by atoms with Crippen LogP contribution < -0.4 is 5.56 Å². The number of aromatic amines is 1. The maximum Gasteiger partial charge on any atom is 0.419 e. The summed E-state index contributed by atoms with van der Waals surface area (Å²) >= 11 is 0. The molecular formula is C21H23F4N3O. The number of alkyl halides is 3. The monoisotopic (exact) mass is 409 g/mol. The van der Waals surface area contributed by atoms with Crippen LogP contribution in [0.5, 0.6) is 0 Å². The molecule has 0 bridgehead atoms. The van der Waals surface area contributed by atoms with Crippen molar-refractivity contribution >= 4 is 0 Å². The van der Waals surface area contributed by atoms with E-state index in [4.69, 9.17) is 4.98 Å². The third kappa shape index (κ3) is 4.22. The zero-order valence-electron chi connectivity index (χ0n) is 16.0. The van der Waals surface area contributed by atoms with Crippen LogP contribution in [0.1, 0.15) is 66.2 Å². The first-order chi connectivity index (χ1) is 13.8. The average molecular weight is 409 g/mol. The average Bonchev–Trinajstić information content (AvgIpc) is 2.69. The first kappa shape index (κ1) is 20.1. The van der Waals surface area contributed by atoms with Gasteiger partial charge in [-0.1, -0.05) is 31.4 Å². The molecular weight excluding hydrogens is 386 g/mol. The van der Waals surface area contributed by atoms with Gasteiger partial charge in [-0.3, -0.25) is 9.69 Å². The van der Waals surface area contributed by atoms with Crippen LogP contribution in [0.15, 0.2) is 23.0 Å². The zero-order valence-corrected chi connectivity index (χ0v) is 16.0. The zero-order chi connectivity index (χ0) is 20.6. The lowest BCUT2D eigenvalue weighted by Gasteiger charge is -2.29. The highest BCUT2D eigenvalue weighted by Gasteiger charge is 2.35. The van der Waals surface area contributed by atoms with E-state index in [0.29, 0.717) is 24.4 Å². The van der Waals surface area contributed by atoms with Crippen molar-refractivity contribution in [2.75, 3.05) is 6.54 Å². The second kappa shape index (κ2) is 7.89. The summed E-state index contributed by atoms with van der Waals surface area (Å²) in [5.74, 6) is -0.199. The van der Waals surface area contributed by atoms with Crippen LogP contribution in [-0.4, -0.2) is 21.4 Å². The Bertz CT molecular complexity index is 948. The smallest absolute Gasteiger partial charge is 0.310 e. The van der Waals surface area contributed by atoms with Gasteiger partial charge in [-0.05, 0) is 18.9 Å². The summed E-state index contributed by atoms with van der Waals surface area (Å²) in [6.07, 6.45) is 1.35. The lowest BCUT2D eigenvalue weighted by atomic mass is 9.88. The minimum absolute atomic E-state index is 0.0129. The molecule has 1 aliphatic heterocycles. The van der Waals surface area contributed by atoms with E-state index >= 15 is 0 Å². The van der Waals surface area contributed by atoms with Crippen molar-refractivity contribution in [2.24, 2.45) is 0 Å². The predicted molar refractivity (Wildman–Crippen MR) is 99.9 cm³/mol. The van der Waals surface area contributed by atoms with E-state index in [9.17, 15) is 22.4 Å². The molecule has 2 aromatic rings. The summed E-state index contributed by atoms with van der Waals surface area (Å²) in [7, 11) is 0. The molecule has 4 nitrogen and oxygen atoms in total. The number of aromatic nitrogens is 2. The summed E-state index contributed by atoms with van der Waals surface area (Å²) in [5.41, 5.74) is -0.182. The number of nitrogens with zero attached hydrogens (tertiary/aromatic N) is 2. The molecule has 1 saturated carbocycles. The molecule has 0 saturated heterocycles. The highest BCUT2D eigenvalue weighted by molar-refractivity contribution is 5.29. The van der Waals surface area contributed by atoms with Crippen LogP contribution in [0.3, 0.4) is 0 Å². The number of hydrogen-bond acceptors (Lipinski definition) is 3. The van der Waals surface area contributed by atoms with Crippen molar-refractivity contribution in [2.45, 2.75) is 63.7 Å². The second-order valence-corrected chi connectivity index (χ2v) is 7.95. The van der Waals surface area contributed by atoms with Gasteiger partial charge >= 0.3 is 6.18 Å². The van der Waals surface area contributed by atoms with Gasteiger partial charge in [0.25, 0.3) is 5.56 Å². The van der Waals surface area contributed by atoms with Gasteiger partial charge in [0.15, 0.2) is 0 Å². The molecule has 0 spiro atoms. The van der Waals surface area contributed by atoms with E-state index in [1.165, 1.54) is 18.6 Å². The molecule has 0 amide bonds. The normalized spacial score (nSPS) is 18.6. The maximum absolute atomic E-state index is 14.3. The minimum Gasteiger partial charge on any atom is -0.310 e. The molecule has 1 aliphatic carbocycles. The highest BCUT2D eigenvalue weighted by Crippen LogP contribution is 2.33. The van der Waals surface area contributed by atoms with E-state index < -0.39 is 17.6 Å². The lowest BCUT2D eigenvalue weighted by molar-refractivity contribution is -0.140. The minimum atomic E-state index is -4.73. The van der Waals surface area contributed by atoms with Crippen LogP contribution in [0, 0.1) is 5.82 Å². The molecule has 2 heterocycles. The molecule has 4 rings (SSSR count). The van der Waals surface area contributed by atoms with Crippen molar-refractivity contribution in [1.82, 2.24) is 14.9 Å². The molecule has 2 aliphatic rings. The highest BCUT2D eigenvalue weighted by atomic mass is 19.4. The summed E-state index contributed by atoms with van der Waals surface area (Å²) in [6, 6.07) is 3.31. The van der Waals surface area contributed by atoms with Crippen LogP contribution in [0.4, 0.5) is 17.6 Å². The van der Waals surface area contributed by atoms with Crippen molar-refractivity contribution in [1.29, 1.82) is 0 Å². The van der Waals surface area contributed by atoms with Crippen LogP contribution in [-0.2, 0) is 25.7 Å². The number of nitrogens with one attached hydrogen (secondary N) is 1. The van der Waals surface area contributed by atoms with Gasteiger partial charge in [0.05, 0.1) is 16.8 Å². The molecule has 0 atom stereocenters. The number of H-pyrrole nitrogens is 1. The van der Waals surface area contributed by atoms with Crippen molar-refractivity contribution in [3.8, 4) is 0 Å². The molecule has 1 N–H and O–H groups in total. The SMILES string of the molecule is O=c1[nH]c(C2CCCCC2)nc2c1CN(Cc1cccc(C(F)(F)F)c1F)CC2. The Morgan fingerprint density at radius 1 is 1.17 bits per heavy atom. The standard InChI is InChI=1S/C21H23F4N3O/c22-18-14(7-4-8-16(18)21(23,24)25)11-28-10-9-17-15(12-28)20(29)27-19(26-17)13-5-2-1-3-6-13/h4,7-8,13H,1-3,5-6,9-12H2,(H,26,27,29). The van der Waals surface area contributed by atoms with Gasteiger partial charge in [0.2, 0.25) is 0 Å². The Kier molecular flexibility index (Phi) is 5.46. The number of benzene rings is 1. The second-order valence-electron chi connectivity index (χ2n) is 7.95. The Morgan fingerprint density at radius 3 is 2.66 bits per heavy atom. The van der Waals surface area contributed by atoms with Gasteiger partial charge < -0.3 is 4.98 Å². The van der Waals surface area contributed by atoms with Crippen molar-refractivity contribution < 1.29 is 17.6 Å². The van der Waals surface area contributed by atoms with Gasteiger partial charge in [-0.2, -0.15) is 13.2 Å². The Labute approximate surface area is 166 Å². The molecule has 0 unspecified atom stereocenters. The Hall–Kier alpha value is -2.22. The van der Waals surface area contributed by atoms with Crippen LogP contribution >= 0.6 is 0 Å². The fourth-order valence-corrected chi connectivity index (χ4v) is 4.37. The molecule has 1 aromatic carbocycles. The fraction of sp³-hybridized carbons (Fsp3) is 0.524. The topological polar surface area (TPSA) is 49.0 Å². The van der Waals surface area contributed by atoms with Crippen LogP contribution in [0.2, 0.25) is 0 Å². The number of hydrogen-bond donors (Lipinski definition) is 1. The van der Waals surface area contributed by atoms with Gasteiger partial charge in [-0.25, -0.2) is 9.37 Å². The molecule has 1 aromatic heterocycles. The summed E-state index contributed by atoms with van der Waals surface area (Å²) < 4.78 is 53.2. The van der Waals surface area contributed by atoms with E-state index in [-0.39, 0.29) is 24.2 Å². The first-order valence-electron chi connectivity index (χ1n) is 10.0. The fourth-order valence-electron chi connectivity index (χ4n) is 4.37. The van der Waals surface area contributed by atoms with Crippen LogP contribution in [0.25, 0.3) is 0 Å². The van der Waals surface area contributed by atoms with Gasteiger partial charge in [0, 0.05) is 37.5 Å². The summed E-state index contributed by atoms with van der Waals surface area (Å²) in [4.78, 5) is 22.0. The quantitative estimate of drug-likeness (QED) is 0.758. The molecule has 29 heavy (non-hydrogen) atoms. The van der Waals surface area contributed by atoms with E-state index in [1.807, 2.05) is 0 Å². The van der Waals surface area contributed by atoms with Gasteiger partial charge in [0.1, 0.15) is 11.6 Å². The first-order valence-corrected chi connectivity index (χ1v) is 10.0. The predicted octanol–water partition coefficient (Wildman–Crippen LogP) is 4.53. The van der Waals surface area contributed by atoms with E-state index in [1.54, 1.807) is 4.90 Å². The van der Waals surface area contributed by atoms with Crippen molar-refractivity contribution in [3.05, 3.63) is 62.6 Å². The Balaban J connectivity index is 1.53. The number of rotatable bonds is 3. The van der Waals surface area contributed by atoms with Crippen molar-refractivity contribution in [3.63, 3.8) is 0 Å². The number of fused-ring (bicyclic) bond motifs is 1. The maximum atomic E-state index is 14.3. The summed E-state index contributed by atoms with van der Waals surface area (Å²) in [5, 5.41) is 0. The molecule has 8 heteroatoms. The third-order valence-electron chi connectivity index (χ3n) is 5.94. The lowest BCUT2D eigenvalue weighted by Crippen LogP contribution is -2.36. The van der Waals surface area contributed by atoms with E-state index in [0.717, 1.165) is 43.3 Å². The largest absolute Gasteiger partial charge is 0.419 e.